The van der Waals surface area contributed by atoms with E-state index < -0.39 is 5.97 Å². The van der Waals surface area contributed by atoms with Crippen molar-refractivity contribution < 1.29 is 9.53 Å². The number of hydrogen-bond acceptors (Lipinski definition) is 5. The minimum absolute atomic E-state index is 0.335. The van der Waals surface area contributed by atoms with Crippen LogP contribution in [0.3, 0.4) is 0 Å². The van der Waals surface area contributed by atoms with Crippen molar-refractivity contribution in [1.29, 1.82) is 0 Å². The second-order valence-electron chi connectivity index (χ2n) is 6.50. The summed E-state index contributed by atoms with van der Waals surface area (Å²) < 4.78 is 5.22. The van der Waals surface area contributed by atoms with Crippen LogP contribution in [-0.4, -0.2) is 35.9 Å². The lowest BCUT2D eigenvalue weighted by atomic mass is 9.86. The first-order valence-corrected chi connectivity index (χ1v) is 8.60. The maximum absolute atomic E-state index is 12.4. The van der Waals surface area contributed by atoms with Crippen LogP contribution in [0.2, 0.25) is 0 Å². The Kier molecular flexibility index (Phi) is 3.92. The molecule has 2 aliphatic rings. The molecule has 0 saturated carbocycles. The number of esters is 1. The van der Waals surface area contributed by atoms with E-state index in [1.54, 1.807) is 0 Å². The lowest BCUT2D eigenvalue weighted by molar-refractivity contribution is 0.0519. The first-order chi connectivity index (χ1) is 11.8. The van der Waals surface area contributed by atoms with E-state index in [-0.39, 0.29) is 0 Å². The predicted octanol–water partition coefficient (Wildman–Crippen LogP) is 3.21. The van der Waals surface area contributed by atoms with Gasteiger partial charge < -0.3 is 9.64 Å². The van der Waals surface area contributed by atoms with Crippen LogP contribution >= 0.6 is 0 Å². The Morgan fingerprint density at radius 3 is 2.58 bits per heavy atom. The summed E-state index contributed by atoms with van der Waals surface area (Å²) >= 11 is 0. The van der Waals surface area contributed by atoms with Gasteiger partial charge in [0.2, 0.25) is 0 Å². The molecule has 1 aliphatic heterocycles. The summed E-state index contributed by atoms with van der Waals surface area (Å²) in [7, 11) is 0. The van der Waals surface area contributed by atoms with Crippen molar-refractivity contribution in [1.82, 2.24) is 10.2 Å². The van der Waals surface area contributed by atoms with Crippen molar-refractivity contribution in [2.75, 3.05) is 24.6 Å². The largest absolute Gasteiger partial charge is 0.461 e. The molecule has 1 fully saturated rings. The molecule has 24 heavy (non-hydrogen) atoms. The smallest absolute Gasteiger partial charge is 0.361 e. The van der Waals surface area contributed by atoms with Gasteiger partial charge in [-0.3, -0.25) is 0 Å². The maximum atomic E-state index is 12.4. The summed E-state index contributed by atoms with van der Waals surface area (Å²) in [6.07, 6.45) is 6.79. The van der Waals surface area contributed by atoms with Crippen molar-refractivity contribution >= 4 is 22.6 Å². The molecule has 1 aromatic heterocycles. The second kappa shape index (κ2) is 6.23. The predicted molar refractivity (Wildman–Crippen MR) is 93.1 cm³/mol. The van der Waals surface area contributed by atoms with Crippen LogP contribution in [0, 0.1) is 11.8 Å². The van der Waals surface area contributed by atoms with E-state index in [1.807, 2.05) is 31.2 Å². The van der Waals surface area contributed by atoms with Gasteiger partial charge in [0.15, 0.2) is 5.69 Å². The van der Waals surface area contributed by atoms with Gasteiger partial charge in [0.05, 0.1) is 17.8 Å². The molecule has 1 aliphatic carbocycles. The van der Waals surface area contributed by atoms with Crippen molar-refractivity contribution in [3.63, 3.8) is 0 Å². The number of hydrogen-bond donors (Lipinski definition) is 0. The topological polar surface area (TPSA) is 55.3 Å². The van der Waals surface area contributed by atoms with E-state index in [2.05, 4.69) is 27.2 Å². The quantitative estimate of drug-likeness (QED) is 0.641. The van der Waals surface area contributed by atoms with Crippen molar-refractivity contribution in [2.24, 2.45) is 11.8 Å². The monoisotopic (exact) mass is 323 g/mol. The first kappa shape index (κ1) is 15.1. The van der Waals surface area contributed by atoms with E-state index in [1.165, 1.54) is 0 Å². The van der Waals surface area contributed by atoms with E-state index in [9.17, 15) is 4.79 Å². The van der Waals surface area contributed by atoms with Crippen LogP contribution in [0.25, 0.3) is 10.9 Å². The Morgan fingerprint density at radius 1 is 1.17 bits per heavy atom. The number of nitrogens with zero attached hydrogens (tertiary/aromatic N) is 3. The highest BCUT2D eigenvalue weighted by Gasteiger charge is 2.35. The third-order valence-electron chi connectivity index (χ3n) is 5.05. The average Bonchev–Trinajstić information content (AvgIpc) is 3.04. The van der Waals surface area contributed by atoms with E-state index in [0.29, 0.717) is 24.1 Å². The van der Waals surface area contributed by atoms with Gasteiger partial charge >= 0.3 is 5.97 Å². The molecule has 124 valence electrons. The Morgan fingerprint density at radius 2 is 1.88 bits per heavy atom. The van der Waals surface area contributed by atoms with Gasteiger partial charge in [-0.1, -0.05) is 30.4 Å². The normalized spacial score (nSPS) is 22.6. The number of ether oxygens (including phenoxy) is 1. The molecular weight excluding hydrogens is 302 g/mol. The van der Waals surface area contributed by atoms with Gasteiger partial charge in [-0.15, -0.1) is 10.2 Å². The number of allylic oxidation sites excluding steroid dienone is 2. The highest BCUT2D eigenvalue weighted by Crippen LogP contribution is 2.38. The minimum atomic E-state index is -0.390. The van der Waals surface area contributed by atoms with Crippen LogP contribution in [-0.2, 0) is 4.74 Å². The number of aromatic nitrogens is 2. The van der Waals surface area contributed by atoms with E-state index >= 15 is 0 Å². The van der Waals surface area contributed by atoms with Gasteiger partial charge in [-0.2, -0.15) is 0 Å². The van der Waals surface area contributed by atoms with Crippen LogP contribution < -0.4 is 4.90 Å². The molecule has 0 spiro atoms. The van der Waals surface area contributed by atoms with Crippen molar-refractivity contribution in [3.05, 3.63) is 42.1 Å². The zero-order valence-corrected chi connectivity index (χ0v) is 13.8. The summed E-state index contributed by atoms with van der Waals surface area (Å²) in [5.41, 5.74) is 2.03. The van der Waals surface area contributed by atoms with Crippen LogP contribution in [0.5, 0.6) is 0 Å². The van der Waals surface area contributed by atoms with Crippen LogP contribution in [0.15, 0.2) is 36.4 Å². The maximum Gasteiger partial charge on any atom is 0.361 e. The number of carbonyl (C=O) groups excluding carboxylic acids is 1. The van der Waals surface area contributed by atoms with Crippen molar-refractivity contribution in [2.45, 2.75) is 19.8 Å². The number of rotatable bonds is 3. The number of benzene rings is 1. The molecule has 2 aromatic rings. The first-order valence-electron chi connectivity index (χ1n) is 8.60. The molecule has 0 amide bonds. The highest BCUT2D eigenvalue weighted by molar-refractivity contribution is 6.03. The lowest BCUT2D eigenvalue weighted by Gasteiger charge is -2.22. The number of anilines is 1. The minimum Gasteiger partial charge on any atom is -0.461 e. The molecule has 5 nitrogen and oxygen atoms in total. The molecule has 2 heterocycles. The molecule has 0 bridgehead atoms. The fourth-order valence-electron chi connectivity index (χ4n) is 3.89. The summed E-state index contributed by atoms with van der Waals surface area (Å²) in [5, 5.41) is 9.40. The molecule has 4 rings (SSSR count). The molecule has 1 aromatic carbocycles. The van der Waals surface area contributed by atoms with Gasteiger partial charge in [0, 0.05) is 18.5 Å². The Hall–Kier alpha value is -2.43. The third kappa shape index (κ3) is 2.54. The van der Waals surface area contributed by atoms with Gasteiger partial charge in [0.1, 0.15) is 0 Å². The average molecular weight is 323 g/mol. The molecule has 0 N–H and O–H groups in total. The molecular formula is C19H21N3O2. The van der Waals surface area contributed by atoms with E-state index in [4.69, 9.17) is 4.74 Å². The summed E-state index contributed by atoms with van der Waals surface area (Å²) in [5.74, 6) is 0.910. The molecule has 5 heteroatoms. The molecule has 0 radical (unpaired) electrons. The van der Waals surface area contributed by atoms with Crippen molar-refractivity contribution in [3.8, 4) is 0 Å². The zero-order chi connectivity index (χ0) is 16.5. The molecule has 2 atom stereocenters. The van der Waals surface area contributed by atoms with Gasteiger partial charge in [-0.25, -0.2) is 4.79 Å². The van der Waals surface area contributed by atoms with Crippen LogP contribution in [0.4, 0.5) is 5.69 Å². The third-order valence-corrected chi connectivity index (χ3v) is 5.05. The second-order valence-corrected chi connectivity index (χ2v) is 6.50. The molecule has 1 saturated heterocycles. The van der Waals surface area contributed by atoms with Crippen LogP contribution in [0.1, 0.15) is 30.3 Å². The van der Waals surface area contributed by atoms with E-state index in [0.717, 1.165) is 42.5 Å². The summed E-state index contributed by atoms with van der Waals surface area (Å²) in [6, 6.07) is 7.87. The SMILES string of the molecule is CCOC(=O)c1nnc2ccccc2c1N1CC2CC=CCC2C1. The molecule has 2 unspecified atom stereocenters. The number of carbonyl (C=O) groups is 1. The standard InChI is InChI=1S/C19H21N3O2/c1-2-24-19(23)17-18(15-9-5-6-10-16(15)20-21-17)22-11-13-7-3-4-8-14(13)12-22/h3-6,9-10,13-14H,2,7-8,11-12H2,1H3. The fraction of sp³-hybridized carbons (Fsp3) is 0.421. The Bertz CT molecular complexity index is 786. The Labute approximate surface area is 141 Å². The number of fused-ring (bicyclic) bond motifs is 2. The fourth-order valence-corrected chi connectivity index (χ4v) is 3.89. The zero-order valence-electron chi connectivity index (χ0n) is 13.8. The highest BCUT2D eigenvalue weighted by atomic mass is 16.5. The summed E-state index contributed by atoms with van der Waals surface area (Å²) in [4.78, 5) is 14.7. The summed E-state index contributed by atoms with van der Waals surface area (Å²) in [6.45, 7) is 4.05. The Balaban J connectivity index is 1.80. The lowest BCUT2D eigenvalue weighted by Crippen LogP contribution is -2.24. The van der Waals surface area contributed by atoms with Gasteiger partial charge in [-0.05, 0) is 37.7 Å². The van der Waals surface area contributed by atoms with Gasteiger partial charge in [0.25, 0.3) is 0 Å².